The number of methoxy groups -OCH3 is 1. The van der Waals surface area contributed by atoms with Crippen molar-refractivity contribution < 1.29 is 4.74 Å². The van der Waals surface area contributed by atoms with E-state index in [1.54, 1.807) is 7.11 Å². The second-order valence-electron chi connectivity index (χ2n) is 5.56. The second-order valence-corrected chi connectivity index (χ2v) is 6.41. The number of rotatable bonds is 2. The van der Waals surface area contributed by atoms with Crippen molar-refractivity contribution in [3.05, 3.63) is 22.7 Å². The Morgan fingerprint density at radius 2 is 2.17 bits per heavy atom. The Kier molecular flexibility index (Phi) is 3.87. The fourth-order valence-electron chi connectivity index (χ4n) is 2.35. The standard InChI is InChI=1S/C14H21BrN2O/c1-10-8-16-14(2,3)9-17(10)11-5-6-13(18-4)12(15)7-11/h5-7,10,16H,8-9H2,1-4H3. The molecule has 1 aliphatic rings. The number of halogens is 1. The molecule has 0 spiro atoms. The molecule has 18 heavy (non-hydrogen) atoms. The van der Waals surface area contributed by atoms with Crippen LogP contribution in [0.25, 0.3) is 0 Å². The average Bonchev–Trinajstić information content (AvgIpc) is 2.32. The van der Waals surface area contributed by atoms with Crippen LogP contribution in [0, 0.1) is 0 Å². The van der Waals surface area contributed by atoms with Crippen LogP contribution in [-0.4, -0.2) is 31.8 Å². The summed E-state index contributed by atoms with van der Waals surface area (Å²) < 4.78 is 6.28. The molecule has 0 aromatic heterocycles. The third kappa shape index (κ3) is 2.81. The smallest absolute Gasteiger partial charge is 0.133 e. The van der Waals surface area contributed by atoms with Crippen molar-refractivity contribution in [2.24, 2.45) is 0 Å². The summed E-state index contributed by atoms with van der Waals surface area (Å²) in [7, 11) is 1.69. The van der Waals surface area contributed by atoms with E-state index in [0.717, 1.165) is 23.3 Å². The van der Waals surface area contributed by atoms with E-state index in [0.29, 0.717) is 6.04 Å². The van der Waals surface area contributed by atoms with Crippen molar-refractivity contribution in [1.82, 2.24) is 5.32 Å². The largest absolute Gasteiger partial charge is 0.496 e. The Balaban J connectivity index is 2.26. The van der Waals surface area contributed by atoms with Crippen LogP contribution < -0.4 is 15.0 Å². The molecule has 0 saturated carbocycles. The average molecular weight is 313 g/mol. The highest BCUT2D eigenvalue weighted by Crippen LogP contribution is 2.31. The zero-order valence-electron chi connectivity index (χ0n) is 11.5. The number of nitrogens with zero attached hydrogens (tertiary/aromatic N) is 1. The van der Waals surface area contributed by atoms with Gasteiger partial charge in [-0.2, -0.15) is 0 Å². The summed E-state index contributed by atoms with van der Waals surface area (Å²) in [6, 6.07) is 6.78. The van der Waals surface area contributed by atoms with Crippen molar-refractivity contribution in [2.45, 2.75) is 32.4 Å². The molecule has 2 rings (SSSR count). The first-order chi connectivity index (χ1) is 8.43. The second kappa shape index (κ2) is 5.10. The third-order valence-electron chi connectivity index (χ3n) is 3.44. The molecule has 1 aliphatic heterocycles. The molecule has 0 amide bonds. The molecule has 1 aromatic rings. The predicted octanol–water partition coefficient (Wildman–Crippen LogP) is 3.03. The van der Waals surface area contributed by atoms with Gasteiger partial charge in [0.05, 0.1) is 11.6 Å². The minimum Gasteiger partial charge on any atom is -0.496 e. The van der Waals surface area contributed by atoms with Crippen molar-refractivity contribution >= 4 is 21.6 Å². The number of anilines is 1. The summed E-state index contributed by atoms with van der Waals surface area (Å²) in [4.78, 5) is 2.45. The molecular formula is C14H21BrN2O. The van der Waals surface area contributed by atoms with E-state index in [9.17, 15) is 0 Å². The van der Waals surface area contributed by atoms with Crippen LogP contribution >= 0.6 is 15.9 Å². The van der Waals surface area contributed by atoms with E-state index < -0.39 is 0 Å². The maximum Gasteiger partial charge on any atom is 0.133 e. The van der Waals surface area contributed by atoms with E-state index in [-0.39, 0.29) is 5.54 Å². The lowest BCUT2D eigenvalue weighted by atomic mass is 9.98. The zero-order chi connectivity index (χ0) is 13.3. The van der Waals surface area contributed by atoms with Gasteiger partial charge in [-0.05, 0) is 54.9 Å². The number of benzene rings is 1. The fourth-order valence-corrected chi connectivity index (χ4v) is 2.88. The number of ether oxygens (including phenoxy) is 1. The number of nitrogens with one attached hydrogen (secondary N) is 1. The van der Waals surface area contributed by atoms with Crippen LogP contribution in [-0.2, 0) is 0 Å². The van der Waals surface area contributed by atoms with Crippen LogP contribution in [0.3, 0.4) is 0 Å². The molecule has 1 heterocycles. The lowest BCUT2D eigenvalue weighted by Crippen LogP contribution is -2.61. The summed E-state index contributed by atoms with van der Waals surface area (Å²) in [5.41, 5.74) is 1.39. The quantitative estimate of drug-likeness (QED) is 0.908. The van der Waals surface area contributed by atoms with E-state index in [1.165, 1.54) is 5.69 Å². The van der Waals surface area contributed by atoms with Crippen LogP contribution in [0.15, 0.2) is 22.7 Å². The Hall–Kier alpha value is -0.740. The molecule has 100 valence electrons. The summed E-state index contributed by atoms with van der Waals surface area (Å²) in [6.45, 7) is 8.75. The fraction of sp³-hybridized carbons (Fsp3) is 0.571. The molecule has 1 saturated heterocycles. The minimum absolute atomic E-state index is 0.152. The summed E-state index contributed by atoms with van der Waals surface area (Å²) in [5, 5.41) is 3.57. The first-order valence-corrected chi connectivity index (χ1v) is 7.07. The highest BCUT2D eigenvalue weighted by molar-refractivity contribution is 9.10. The molecule has 3 nitrogen and oxygen atoms in total. The molecule has 1 fully saturated rings. The lowest BCUT2D eigenvalue weighted by Gasteiger charge is -2.44. The molecular weight excluding hydrogens is 292 g/mol. The van der Waals surface area contributed by atoms with Crippen LogP contribution in [0.1, 0.15) is 20.8 Å². The van der Waals surface area contributed by atoms with Gasteiger partial charge < -0.3 is 15.0 Å². The van der Waals surface area contributed by atoms with Crippen LogP contribution in [0.2, 0.25) is 0 Å². The third-order valence-corrected chi connectivity index (χ3v) is 4.06. The van der Waals surface area contributed by atoms with Crippen molar-refractivity contribution in [2.75, 3.05) is 25.1 Å². The molecule has 1 atom stereocenters. The van der Waals surface area contributed by atoms with Crippen molar-refractivity contribution in [3.8, 4) is 5.75 Å². The topological polar surface area (TPSA) is 24.5 Å². The van der Waals surface area contributed by atoms with E-state index >= 15 is 0 Å². The molecule has 0 aliphatic carbocycles. The molecule has 0 bridgehead atoms. The van der Waals surface area contributed by atoms with Gasteiger partial charge in [-0.25, -0.2) is 0 Å². The van der Waals surface area contributed by atoms with E-state index in [2.05, 4.69) is 59.1 Å². The number of piperazine rings is 1. The minimum atomic E-state index is 0.152. The first kappa shape index (κ1) is 13.7. The summed E-state index contributed by atoms with van der Waals surface area (Å²) in [5.74, 6) is 0.876. The number of hydrogen-bond acceptors (Lipinski definition) is 3. The summed E-state index contributed by atoms with van der Waals surface area (Å²) >= 11 is 3.56. The zero-order valence-corrected chi connectivity index (χ0v) is 13.0. The van der Waals surface area contributed by atoms with Gasteiger partial charge in [0.25, 0.3) is 0 Å². The highest BCUT2D eigenvalue weighted by Gasteiger charge is 2.30. The number of hydrogen-bond donors (Lipinski definition) is 1. The summed E-state index contributed by atoms with van der Waals surface area (Å²) in [6.07, 6.45) is 0. The van der Waals surface area contributed by atoms with Crippen LogP contribution in [0.5, 0.6) is 5.75 Å². The molecule has 1 unspecified atom stereocenters. The highest BCUT2D eigenvalue weighted by atomic mass is 79.9. The van der Waals surface area contributed by atoms with Gasteiger partial charge in [-0.3, -0.25) is 0 Å². The molecule has 1 N–H and O–H groups in total. The van der Waals surface area contributed by atoms with Gasteiger partial charge in [0.15, 0.2) is 0 Å². The molecule has 0 radical (unpaired) electrons. The SMILES string of the molecule is COc1ccc(N2CC(C)(C)NCC2C)cc1Br. The van der Waals surface area contributed by atoms with Gasteiger partial charge >= 0.3 is 0 Å². The van der Waals surface area contributed by atoms with Gasteiger partial charge in [0, 0.05) is 30.4 Å². The Labute approximate surface area is 118 Å². The maximum atomic E-state index is 5.28. The van der Waals surface area contributed by atoms with E-state index in [4.69, 9.17) is 4.74 Å². The Morgan fingerprint density at radius 1 is 1.44 bits per heavy atom. The van der Waals surface area contributed by atoms with Crippen LogP contribution in [0.4, 0.5) is 5.69 Å². The van der Waals surface area contributed by atoms with Gasteiger partial charge in [0.1, 0.15) is 5.75 Å². The monoisotopic (exact) mass is 312 g/mol. The maximum absolute atomic E-state index is 5.28. The Morgan fingerprint density at radius 3 is 2.78 bits per heavy atom. The lowest BCUT2D eigenvalue weighted by molar-refractivity contribution is 0.318. The Bertz CT molecular complexity index is 434. The molecule has 4 heteroatoms. The van der Waals surface area contributed by atoms with Crippen molar-refractivity contribution in [1.29, 1.82) is 0 Å². The van der Waals surface area contributed by atoms with Gasteiger partial charge in [-0.15, -0.1) is 0 Å². The normalized spacial score (nSPS) is 22.9. The van der Waals surface area contributed by atoms with E-state index in [1.807, 2.05) is 6.07 Å². The predicted molar refractivity (Wildman–Crippen MR) is 79.6 cm³/mol. The van der Waals surface area contributed by atoms with Gasteiger partial charge in [0.2, 0.25) is 0 Å². The first-order valence-electron chi connectivity index (χ1n) is 6.28. The van der Waals surface area contributed by atoms with Gasteiger partial charge in [-0.1, -0.05) is 0 Å². The molecule has 1 aromatic carbocycles. The van der Waals surface area contributed by atoms with Crippen molar-refractivity contribution in [3.63, 3.8) is 0 Å².